The van der Waals surface area contributed by atoms with Crippen LogP contribution in [-0.2, 0) is 0 Å². The Kier molecular flexibility index (Phi) is 4.76. The fraction of sp³-hybridized carbons (Fsp3) is 0.364. The maximum atomic E-state index is 13.3. The number of benzene rings is 1. The van der Waals surface area contributed by atoms with Crippen LogP contribution in [0.1, 0.15) is 17.3 Å². The predicted octanol–water partition coefficient (Wildman–Crippen LogP) is 0.770. The number of nitro benzene ring substituents is 1. The van der Waals surface area contributed by atoms with Crippen LogP contribution < -0.4 is 5.73 Å². The van der Waals surface area contributed by atoms with Gasteiger partial charge >= 0.3 is 0 Å². The number of carbonyl (C=O) groups excluding carboxylic acids is 1. The lowest BCUT2D eigenvalue weighted by Crippen LogP contribution is -2.34. The van der Waals surface area contributed by atoms with Crippen molar-refractivity contribution in [3.63, 3.8) is 0 Å². The highest BCUT2D eigenvalue weighted by Gasteiger charge is 2.24. The van der Waals surface area contributed by atoms with E-state index in [1.807, 2.05) is 0 Å². The summed E-state index contributed by atoms with van der Waals surface area (Å²) < 4.78 is 13.3. The second-order valence-electron chi connectivity index (χ2n) is 3.75. The maximum absolute atomic E-state index is 13.3. The van der Waals surface area contributed by atoms with Gasteiger partial charge in [-0.2, -0.15) is 0 Å². The van der Waals surface area contributed by atoms with Crippen molar-refractivity contribution in [2.24, 2.45) is 0 Å². The zero-order valence-corrected chi connectivity index (χ0v) is 10.3. The largest absolute Gasteiger partial charge is 0.395 e. The van der Waals surface area contributed by atoms with Gasteiger partial charge in [-0.05, 0) is 13.0 Å². The first-order chi connectivity index (χ1) is 8.92. The predicted molar refractivity (Wildman–Crippen MR) is 66.1 cm³/mol. The minimum Gasteiger partial charge on any atom is -0.395 e. The molecule has 0 aliphatic heterocycles. The van der Waals surface area contributed by atoms with E-state index in [4.69, 9.17) is 10.8 Å². The van der Waals surface area contributed by atoms with E-state index in [0.29, 0.717) is 6.07 Å². The third kappa shape index (κ3) is 3.16. The van der Waals surface area contributed by atoms with Gasteiger partial charge < -0.3 is 15.7 Å². The Morgan fingerprint density at radius 2 is 2.21 bits per heavy atom. The zero-order chi connectivity index (χ0) is 14.6. The van der Waals surface area contributed by atoms with Crippen LogP contribution in [0.4, 0.5) is 15.8 Å². The summed E-state index contributed by atoms with van der Waals surface area (Å²) in [6, 6.07) is 1.51. The van der Waals surface area contributed by atoms with Crippen LogP contribution in [0.2, 0.25) is 0 Å². The number of anilines is 1. The molecule has 8 heteroatoms. The van der Waals surface area contributed by atoms with Crippen molar-refractivity contribution in [2.45, 2.75) is 6.92 Å². The van der Waals surface area contributed by atoms with E-state index in [0.717, 1.165) is 6.07 Å². The second-order valence-corrected chi connectivity index (χ2v) is 3.75. The number of rotatable bonds is 5. The Bertz CT molecular complexity index is 507. The Hall–Kier alpha value is -2.22. The molecule has 1 aromatic rings. The van der Waals surface area contributed by atoms with E-state index in [1.54, 1.807) is 6.92 Å². The molecular formula is C11H14FN3O4. The molecule has 0 radical (unpaired) electrons. The maximum Gasteiger partial charge on any atom is 0.295 e. The normalized spacial score (nSPS) is 10.3. The minimum absolute atomic E-state index is 0.0408. The lowest BCUT2D eigenvalue weighted by atomic mass is 10.1. The third-order valence-electron chi connectivity index (χ3n) is 2.59. The number of nitro groups is 1. The van der Waals surface area contributed by atoms with E-state index < -0.39 is 22.3 Å². The van der Waals surface area contributed by atoms with Crippen LogP contribution in [0.5, 0.6) is 0 Å². The number of aliphatic hydroxyl groups excluding tert-OH is 1. The van der Waals surface area contributed by atoms with Crippen LogP contribution in [0.15, 0.2) is 12.1 Å². The van der Waals surface area contributed by atoms with Crippen molar-refractivity contribution in [1.82, 2.24) is 4.90 Å². The van der Waals surface area contributed by atoms with Crippen molar-refractivity contribution in [2.75, 3.05) is 25.4 Å². The zero-order valence-electron chi connectivity index (χ0n) is 10.3. The summed E-state index contributed by atoms with van der Waals surface area (Å²) in [6.07, 6.45) is 0. The molecule has 1 aromatic carbocycles. The van der Waals surface area contributed by atoms with Crippen molar-refractivity contribution in [3.05, 3.63) is 33.6 Å². The number of halogens is 1. The Morgan fingerprint density at radius 1 is 1.58 bits per heavy atom. The first-order valence-electron chi connectivity index (χ1n) is 5.55. The molecule has 3 N–H and O–H groups in total. The molecule has 0 aliphatic rings. The van der Waals surface area contributed by atoms with E-state index in [1.165, 1.54) is 4.90 Å². The Labute approximate surface area is 108 Å². The van der Waals surface area contributed by atoms with E-state index in [9.17, 15) is 19.3 Å². The number of nitrogen functional groups attached to an aromatic ring is 1. The van der Waals surface area contributed by atoms with Gasteiger partial charge in [0.2, 0.25) is 0 Å². The van der Waals surface area contributed by atoms with Gasteiger partial charge in [0, 0.05) is 13.1 Å². The molecule has 19 heavy (non-hydrogen) atoms. The smallest absolute Gasteiger partial charge is 0.295 e. The topological polar surface area (TPSA) is 110 Å². The number of carbonyl (C=O) groups is 1. The third-order valence-corrected chi connectivity index (χ3v) is 2.59. The molecule has 0 unspecified atom stereocenters. The molecule has 0 fully saturated rings. The van der Waals surface area contributed by atoms with Crippen LogP contribution in [0, 0.1) is 15.9 Å². The SMILES string of the molecule is CCN(CCO)C(=O)c1cc(F)cc([N+](=O)[O-])c1N. The lowest BCUT2D eigenvalue weighted by Gasteiger charge is -2.20. The van der Waals surface area contributed by atoms with Crippen LogP contribution >= 0.6 is 0 Å². The average Bonchev–Trinajstić information content (AvgIpc) is 2.37. The molecule has 1 amide bonds. The van der Waals surface area contributed by atoms with E-state index in [2.05, 4.69) is 0 Å². The number of nitrogens with zero attached hydrogens (tertiary/aromatic N) is 2. The van der Waals surface area contributed by atoms with Gasteiger partial charge in [0.05, 0.1) is 23.2 Å². The molecule has 7 nitrogen and oxygen atoms in total. The molecule has 0 aromatic heterocycles. The first-order valence-corrected chi connectivity index (χ1v) is 5.55. The highest BCUT2D eigenvalue weighted by Crippen LogP contribution is 2.27. The summed E-state index contributed by atoms with van der Waals surface area (Å²) in [5.74, 6) is -1.57. The number of amides is 1. The molecule has 0 heterocycles. The van der Waals surface area contributed by atoms with Gasteiger partial charge in [-0.3, -0.25) is 14.9 Å². The fourth-order valence-electron chi connectivity index (χ4n) is 1.63. The molecule has 0 atom stereocenters. The second kappa shape index (κ2) is 6.10. The lowest BCUT2D eigenvalue weighted by molar-refractivity contribution is -0.384. The monoisotopic (exact) mass is 271 g/mol. The van der Waals surface area contributed by atoms with Gasteiger partial charge in [0.1, 0.15) is 11.5 Å². The molecule has 1 rings (SSSR count). The van der Waals surface area contributed by atoms with E-state index >= 15 is 0 Å². The van der Waals surface area contributed by atoms with Crippen molar-refractivity contribution >= 4 is 17.3 Å². The van der Waals surface area contributed by atoms with Gasteiger partial charge in [-0.25, -0.2) is 4.39 Å². The summed E-state index contributed by atoms with van der Waals surface area (Å²) in [7, 11) is 0. The van der Waals surface area contributed by atoms with Crippen LogP contribution in [-0.4, -0.2) is 40.5 Å². The average molecular weight is 271 g/mol. The van der Waals surface area contributed by atoms with E-state index in [-0.39, 0.29) is 30.9 Å². The number of aliphatic hydroxyl groups is 1. The molecule has 0 aliphatic carbocycles. The summed E-state index contributed by atoms with van der Waals surface area (Å²) in [5.41, 5.74) is 4.22. The summed E-state index contributed by atoms with van der Waals surface area (Å²) in [5, 5.41) is 19.5. The molecule has 0 saturated heterocycles. The number of likely N-dealkylation sites (N-methyl/N-ethyl adjacent to an activating group) is 1. The molecule has 0 spiro atoms. The minimum atomic E-state index is -0.913. The number of hydrogen-bond acceptors (Lipinski definition) is 5. The molecular weight excluding hydrogens is 257 g/mol. The highest BCUT2D eigenvalue weighted by atomic mass is 19.1. The van der Waals surface area contributed by atoms with Crippen LogP contribution in [0.3, 0.4) is 0 Å². The Balaban J connectivity index is 3.26. The number of nitrogens with two attached hydrogens (primary N) is 1. The van der Waals surface area contributed by atoms with Gasteiger partial charge in [0.15, 0.2) is 0 Å². The quantitative estimate of drug-likeness (QED) is 0.467. The Morgan fingerprint density at radius 3 is 2.68 bits per heavy atom. The molecule has 0 saturated carbocycles. The first kappa shape index (κ1) is 14.8. The summed E-state index contributed by atoms with van der Waals surface area (Å²) in [6.45, 7) is 1.70. The van der Waals surface area contributed by atoms with Gasteiger partial charge in [0.25, 0.3) is 11.6 Å². The molecule has 0 bridgehead atoms. The summed E-state index contributed by atoms with van der Waals surface area (Å²) >= 11 is 0. The fourth-order valence-corrected chi connectivity index (χ4v) is 1.63. The van der Waals surface area contributed by atoms with Crippen molar-refractivity contribution in [3.8, 4) is 0 Å². The van der Waals surface area contributed by atoms with Gasteiger partial charge in [-0.15, -0.1) is 0 Å². The highest BCUT2D eigenvalue weighted by molar-refractivity contribution is 6.01. The van der Waals surface area contributed by atoms with Gasteiger partial charge in [-0.1, -0.05) is 0 Å². The summed E-state index contributed by atoms with van der Waals surface area (Å²) in [4.78, 5) is 23.1. The van der Waals surface area contributed by atoms with Crippen LogP contribution in [0.25, 0.3) is 0 Å². The van der Waals surface area contributed by atoms with Crippen molar-refractivity contribution in [1.29, 1.82) is 0 Å². The van der Waals surface area contributed by atoms with Crippen molar-refractivity contribution < 1.29 is 19.2 Å². The standard InChI is InChI=1S/C11H14FN3O4/c1-2-14(3-4-16)11(17)8-5-7(12)6-9(10(8)13)15(18)19/h5-6,16H,2-4,13H2,1H3. The molecule has 104 valence electrons. The number of hydrogen-bond donors (Lipinski definition) is 2.